The molecular formula is C18H19N3O4S. The minimum Gasteiger partial charge on any atom is -0.491 e. The second-order valence-corrected chi connectivity index (χ2v) is 5.99. The van der Waals surface area contributed by atoms with Gasteiger partial charge in [0.25, 0.3) is 11.6 Å². The third kappa shape index (κ3) is 5.52. The van der Waals surface area contributed by atoms with Crippen molar-refractivity contribution in [3.63, 3.8) is 0 Å². The van der Waals surface area contributed by atoms with E-state index >= 15 is 0 Å². The summed E-state index contributed by atoms with van der Waals surface area (Å²) in [5.74, 6) is 0.236. The summed E-state index contributed by atoms with van der Waals surface area (Å²) in [4.78, 5) is 22.5. The Morgan fingerprint density at radius 1 is 1.27 bits per heavy atom. The summed E-state index contributed by atoms with van der Waals surface area (Å²) in [6.07, 6.45) is 0.915. The fourth-order valence-corrected chi connectivity index (χ4v) is 2.24. The highest BCUT2D eigenvalue weighted by Gasteiger charge is 2.11. The van der Waals surface area contributed by atoms with Crippen molar-refractivity contribution in [1.29, 1.82) is 0 Å². The molecule has 2 aromatic rings. The highest BCUT2D eigenvalue weighted by atomic mass is 32.1. The van der Waals surface area contributed by atoms with Crippen molar-refractivity contribution >= 4 is 34.6 Å². The highest BCUT2D eigenvalue weighted by Crippen LogP contribution is 2.17. The monoisotopic (exact) mass is 373 g/mol. The van der Waals surface area contributed by atoms with Gasteiger partial charge in [-0.3, -0.25) is 20.2 Å². The quantitative estimate of drug-likeness (QED) is 0.453. The van der Waals surface area contributed by atoms with Gasteiger partial charge >= 0.3 is 0 Å². The smallest absolute Gasteiger partial charge is 0.269 e. The molecule has 0 saturated carbocycles. The molecule has 0 aromatic heterocycles. The fraction of sp³-hybridized carbons (Fsp3) is 0.222. The van der Waals surface area contributed by atoms with E-state index in [1.165, 1.54) is 24.3 Å². The first kappa shape index (κ1) is 19.3. The van der Waals surface area contributed by atoms with Crippen molar-refractivity contribution in [3.8, 4) is 5.75 Å². The summed E-state index contributed by atoms with van der Waals surface area (Å²) in [5, 5.41) is 16.1. The molecule has 0 aliphatic rings. The number of nitrogens with zero attached hydrogens (tertiary/aromatic N) is 1. The maximum atomic E-state index is 12.3. The zero-order valence-corrected chi connectivity index (χ0v) is 15.2. The fourth-order valence-electron chi connectivity index (χ4n) is 2.03. The Labute approximate surface area is 156 Å². The van der Waals surface area contributed by atoms with Gasteiger partial charge in [-0.2, -0.15) is 0 Å². The summed E-state index contributed by atoms with van der Waals surface area (Å²) in [7, 11) is 0. The molecule has 0 radical (unpaired) electrons. The van der Waals surface area contributed by atoms with Crippen LogP contribution in [-0.2, 0) is 0 Å². The number of carbonyl (C=O) groups excluding carboxylic acids is 1. The largest absolute Gasteiger partial charge is 0.491 e. The molecule has 0 aliphatic heterocycles. The zero-order valence-electron chi connectivity index (χ0n) is 14.4. The molecule has 0 fully saturated rings. The number of hydrogen-bond acceptors (Lipinski definition) is 5. The van der Waals surface area contributed by atoms with Crippen LogP contribution in [0, 0.1) is 10.1 Å². The number of thiocarbonyl (C=S) groups is 1. The van der Waals surface area contributed by atoms with Gasteiger partial charge < -0.3 is 10.1 Å². The second-order valence-electron chi connectivity index (χ2n) is 5.58. The molecule has 0 aliphatic carbocycles. The topological polar surface area (TPSA) is 93.5 Å². The van der Waals surface area contributed by atoms with Crippen LogP contribution in [0.15, 0.2) is 48.5 Å². The zero-order chi connectivity index (χ0) is 19.1. The predicted octanol–water partition coefficient (Wildman–Crippen LogP) is 3.90. The SMILES string of the molecule is CCC(C)Oc1cccc(C(=O)NC(=S)Nc2ccc([N+](=O)[O-])cc2)c1. The van der Waals surface area contributed by atoms with Gasteiger partial charge in [-0.1, -0.05) is 13.0 Å². The van der Waals surface area contributed by atoms with Crippen LogP contribution >= 0.6 is 12.2 Å². The number of rotatable bonds is 6. The Morgan fingerprint density at radius 3 is 2.58 bits per heavy atom. The molecular weight excluding hydrogens is 354 g/mol. The van der Waals surface area contributed by atoms with Crippen molar-refractivity contribution in [1.82, 2.24) is 5.32 Å². The van der Waals surface area contributed by atoms with Crippen LogP contribution in [0.4, 0.5) is 11.4 Å². The minimum atomic E-state index is -0.488. The summed E-state index contributed by atoms with van der Waals surface area (Å²) in [6.45, 7) is 3.97. The first-order chi connectivity index (χ1) is 12.4. The molecule has 7 nitrogen and oxygen atoms in total. The molecule has 0 saturated heterocycles. The van der Waals surface area contributed by atoms with Crippen molar-refractivity contribution < 1.29 is 14.5 Å². The van der Waals surface area contributed by atoms with Crippen LogP contribution in [0.2, 0.25) is 0 Å². The van der Waals surface area contributed by atoms with Gasteiger partial charge in [0.15, 0.2) is 5.11 Å². The molecule has 1 amide bonds. The van der Waals surface area contributed by atoms with Gasteiger partial charge in [-0.25, -0.2) is 0 Å². The lowest BCUT2D eigenvalue weighted by Crippen LogP contribution is -2.34. The summed E-state index contributed by atoms with van der Waals surface area (Å²) in [5.41, 5.74) is 0.928. The van der Waals surface area contributed by atoms with E-state index < -0.39 is 4.92 Å². The standard InChI is InChI=1S/C18H19N3O4S/c1-3-12(2)25-16-6-4-5-13(11-16)17(22)20-18(26)19-14-7-9-15(10-8-14)21(23)24/h4-12H,3H2,1-2H3,(H2,19,20,22,26). The van der Waals surface area contributed by atoms with E-state index in [1.807, 2.05) is 13.8 Å². The average molecular weight is 373 g/mol. The number of benzene rings is 2. The van der Waals surface area contributed by atoms with Crippen LogP contribution in [0.3, 0.4) is 0 Å². The summed E-state index contributed by atoms with van der Waals surface area (Å²) in [6, 6.07) is 12.6. The van der Waals surface area contributed by atoms with Crippen molar-refractivity contribution in [3.05, 3.63) is 64.2 Å². The normalized spacial score (nSPS) is 11.3. The predicted molar refractivity (Wildman–Crippen MR) is 104 cm³/mol. The first-order valence-electron chi connectivity index (χ1n) is 8.02. The van der Waals surface area contributed by atoms with Gasteiger partial charge in [0.1, 0.15) is 5.75 Å². The van der Waals surface area contributed by atoms with Crippen LogP contribution in [0.5, 0.6) is 5.75 Å². The Balaban J connectivity index is 1.97. The molecule has 8 heteroatoms. The molecule has 1 unspecified atom stereocenters. The lowest BCUT2D eigenvalue weighted by atomic mass is 10.2. The van der Waals surface area contributed by atoms with Crippen LogP contribution in [0.1, 0.15) is 30.6 Å². The Hall–Kier alpha value is -3.00. The van der Waals surface area contributed by atoms with E-state index in [0.717, 1.165) is 6.42 Å². The molecule has 0 bridgehead atoms. The molecule has 2 N–H and O–H groups in total. The molecule has 136 valence electrons. The molecule has 2 rings (SSSR count). The lowest BCUT2D eigenvalue weighted by Gasteiger charge is -2.14. The third-order valence-corrected chi connectivity index (χ3v) is 3.78. The van der Waals surface area contributed by atoms with Crippen LogP contribution in [0.25, 0.3) is 0 Å². The molecule has 1 atom stereocenters. The summed E-state index contributed by atoms with van der Waals surface area (Å²) >= 11 is 5.11. The number of anilines is 1. The van der Waals surface area contributed by atoms with Gasteiger partial charge in [-0.15, -0.1) is 0 Å². The lowest BCUT2D eigenvalue weighted by molar-refractivity contribution is -0.384. The van der Waals surface area contributed by atoms with Crippen molar-refractivity contribution in [2.24, 2.45) is 0 Å². The van der Waals surface area contributed by atoms with Crippen molar-refractivity contribution in [2.75, 3.05) is 5.32 Å². The number of nitro groups is 1. The van der Waals surface area contributed by atoms with E-state index in [2.05, 4.69) is 10.6 Å². The molecule has 0 spiro atoms. The maximum Gasteiger partial charge on any atom is 0.269 e. The second kappa shape index (κ2) is 8.91. The maximum absolute atomic E-state index is 12.3. The van der Waals surface area contributed by atoms with E-state index in [-0.39, 0.29) is 22.8 Å². The number of nitrogens with one attached hydrogen (secondary N) is 2. The molecule has 2 aromatic carbocycles. The molecule has 0 heterocycles. The summed E-state index contributed by atoms with van der Waals surface area (Å²) < 4.78 is 5.70. The number of non-ortho nitro benzene ring substituents is 1. The number of hydrogen-bond donors (Lipinski definition) is 2. The van der Waals surface area contributed by atoms with Gasteiger partial charge in [0, 0.05) is 23.4 Å². The van der Waals surface area contributed by atoms with Gasteiger partial charge in [0.2, 0.25) is 0 Å². The van der Waals surface area contributed by atoms with E-state index in [1.54, 1.807) is 24.3 Å². The van der Waals surface area contributed by atoms with E-state index in [4.69, 9.17) is 17.0 Å². The first-order valence-corrected chi connectivity index (χ1v) is 8.43. The molecule has 26 heavy (non-hydrogen) atoms. The average Bonchev–Trinajstić information content (AvgIpc) is 2.62. The van der Waals surface area contributed by atoms with Gasteiger partial charge in [0.05, 0.1) is 11.0 Å². The number of amides is 1. The van der Waals surface area contributed by atoms with E-state index in [9.17, 15) is 14.9 Å². The minimum absolute atomic E-state index is 0.0244. The van der Waals surface area contributed by atoms with Crippen molar-refractivity contribution in [2.45, 2.75) is 26.4 Å². The number of nitro benzene ring substituents is 1. The number of ether oxygens (including phenoxy) is 1. The van der Waals surface area contributed by atoms with E-state index in [0.29, 0.717) is 17.0 Å². The van der Waals surface area contributed by atoms with Crippen LogP contribution < -0.4 is 15.4 Å². The Bertz CT molecular complexity index is 808. The Kier molecular flexibility index (Phi) is 6.62. The number of carbonyl (C=O) groups is 1. The highest BCUT2D eigenvalue weighted by molar-refractivity contribution is 7.80. The van der Waals surface area contributed by atoms with Crippen LogP contribution in [-0.4, -0.2) is 22.0 Å². The Morgan fingerprint density at radius 2 is 1.96 bits per heavy atom. The van der Waals surface area contributed by atoms with Gasteiger partial charge in [-0.05, 0) is 55.9 Å². The third-order valence-electron chi connectivity index (χ3n) is 3.57.